The molecule has 1 aliphatic rings. The van der Waals surface area contributed by atoms with E-state index < -0.39 is 0 Å². The first kappa shape index (κ1) is 7.22. The average Bonchev–Trinajstić information content (AvgIpc) is 2.07. The molecule has 0 aromatic heterocycles. The Bertz CT molecular complexity index is 418. The molecule has 0 radical (unpaired) electrons. The second kappa shape index (κ2) is 2.55. The van der Waals surface area contributed by atoms with E-state index in [1.165, 1.54) is 0 Å². The predicted molar refractivity (Wildman–Crippen MR) is 47.1 cm³/mol. The third-order valence-electron chi connectivity index (χ3n) is 2.09. The topological polar surface area (TPSA) is 40.5 Å². The van der Waals surface area contributed by atoms with Gasteiger partial charge in [-0.1, -0.05) is 12.1 Å². The molecule has 1 aromatic carbocycles. The van der Waals surface area contributed by atoms with E-state index in [0.29, 0.717) is 12.2 Å². The van der Waals surface area contributed by atoms with Gasteiger partial charge >= 0.3 is 0 Å². The van der Waals surface area contributed by atoms with E-state index in [0.717, 1.165) is 16.9 Å². The Morgan fingerprint density at radius 2 is 2.00 bits per heavy atom. The summed E-state index contributed by atoms with van der Waals surface area (Å²) in [6, 6.07) is 5.05. The quantitative estimate of drug-likeness (QED) is 0.587. The van der Waals surface area contributed by atoms with Gasteiger partial charge in [-0.2, -0.15) is 0 Å². The van der Waals surface area contributed by atoms with E-state index in [4.69, 9.17) is 5.11 Å². The van der Waals surface area contributed by atoms with Gasteiger partial charge in [0.15, 0.2) is 0 Å². The number of hydrogen-bond donors (Lipinski definition) is 2. The summed E-state index contributed by atoms with van der Waals surface area (Å²) in [5.41, 5.74) is 0. The zero-order valence-electron chi connectivity index (χ0n) is 6.62. The van der Waals surface area contributed by atoms with Crippen LogP contribution < -0.4 is 10.4 Å². The average molecular weight is 162 g/mol. The minimum atomic E-state index is 0.204. The van der Waals surface area contributed by atoms with Crippen LogP contribution in [0.1, 0.15) is 12.8 Å². The number of aliphatic hydroxyl groups excluding tert-OH is 1. The smallest absolute Gasteiger partial charge is 0.116 e. The maximum absolute atomic E-state index is 9.47. The van der Waals surface area contributed by atoms with E-state index in [9.17, 15) is 5.11 Å². The Balaban J connectivity index is 2.87. The number of phenolic OH excluding ortho intramolecular Hbond substituents is 1. The van der Waals surface area contributed by atoms with Crippen molar-refractivity contribution < 1.29 is 10.2 Å². The number of aromatic hydroxyl groups is 1. The monoisotopic (exact) mass is 162 g/mol. The van der Waals surface area contributed by atoms with Gasteiger partial charge in [-0.05, 0) is 23.8 Å². The third kappa shape index (κ3) is 1.05. The molecule has 12 heavy (non-hydrogen) atoms. The van der Waals surface area contributed by atoms with E-state index >= 15 is 0 Å². The van der Waals surface area contributed by atoms with Crippen LogP contribution in [-0.4, -0.2) is 10.2 Å². The number of benzene rings is 1. The molecular weight excluding hydrogens is 152 g/mol. The highest BCUT2D eigenvalue weighted by Crippen LogP contribution is 2.06. The van der Waals surface area contributed by atoms with Crippen molar-refractivity contribution in [3.05, 3.63) is 28.6 Å². The van der Waals surface area contributed by atoms with Gasteiger partial charge in [0.2, 0.25) is 0 Å². The van der Waals surface area contributed by atoms with Crippen LogP contribution in [0, 0.1) is 0 Å². The van der Waals surface area contributed by atoms with Crippen molar-refractivity contribution in [1.29, 1.82) is 0 Å². The molecule has 0 fully saturated rings. The first-order valence-corrected chi connectivity index (χ1v) is 3.99. The lowest BCUT2D eigenvalue weighted by molar-refractivity contribution is 0.466. The third-order valence-corrected chi connectivity index (χ3v) is 2.09. The molecule has 0 spiro atoms. The Morgan fingerprint density at radius 3 is 2.83 bits per heavy atom. The largest absolute Gasteiger partial charge is 0.512 e. The molecule has 0 atom stereocenters. The summed E-state index contributed by atoms with van der Waals surface area (Å²) in [5.74, 6) is 0.582. The molecule has 2 nitrogen and oxygen atoms in total. The summed E-state index contributed by atoms with van der Waals surface area (Å²) in [5, 5.41) is 20.4. The molecule has 1 aliphatic carbocycles. The van der Waals surface area contributed by atoms with Crippen LogP contribution in [0.25, 0.3) is 11.8 Å². The summed E-state index contributed by atoms with van der Waals surface area (Å²) in [7, 11) is 0. The van der Waals surface area contributed by atoms with Crippen molar-refractivity contribution in [3.63, 3.8) is 0 Å². The van der Waals surface area contributed by atoms with Crippen LogP contribution in [0.2, 0.25) is 0 Å². The van der Waals surface area contributed by atoms with Gasteiger partial charge in [0.1, 0.15) is 11.5 Å². The normalized spacial score (nSPS) is 15.2. The molecule has 2 N–H and O–H groups in total. The highest BCUT2D eigenvalue weighted by Gasteiger charge is 2.01. The Hall–Kier alpha value is -1.44. The molecule has 0 bridgehead atoms. The van der Waals surface area contributed by atoms with Crippen LogP contribution in [0.4, 0.5) is 0 Å². The van der Waals surface area contributed by atoms with Gasteiger partial charge < -0.3 is 10.2 Å². The van der Waals surface area contributed by atoms with Gasteiger partial charge in [0.25, 0.3) is 0 Å². The molecule has 0 aliphatic heterocycles. The second-order valence-corrected chi connectivity index (χ2v) is 2.96. The van der Waals surface area contributed by atoms with Gasteiger partial charge in [-0.3, -0.25) is 0 Å². The van der Waals surface area contributed by atoms with Crippen molar-refractivity contribution in [1.82, 2.24) is 0 Å². The number of phenols is 1. The molecule has 0 amide bonds. The molecule has 0 saturated carbocycles. The Morgan fingerprint density at radius 1 is 1.17 bits per heavy atom. The molecule has 2 heteroatoms. The van der Waals surface area contributed by atoms with Crippen molar-refractivity contribution >= 4 is 11.8 Å². The van der Waals surface area contributed by atoms with Crippen LogP contribution in [0.5, 0.6) is 5.75 Å². The lowest BCUT2D eigenvalue weighted by Crippen LogP contribution is -2.28. The summed E-state index contributed by atoms with van der Waals surface area (Å²) in [6.07, 6.45) is 3.62. The number of rotatable bonds is 0. The molecule has 0 saturated heterocycles. The minimum Gasteiger partial charge on any atom is -0.512 e. The predicted octanol–water partition coefficient (Wildman–Crippen LogP) is 0.633. The number of hydrogen-bond acceptors (Lipinski definition) is 2. The summed E-state index contributed by atoms with van der Waals surface area (Å²) in [4.78, 5) is 0. The minimum absolute atomic E-state index is 0.204. The first-order valence-electron chi connectivity index (χ1n) is 3.99. The van der Waals surface area contributed by atoms with Crippen molar-refractivity contribution in [2.24, 2.45) is 0 Å². The lowest BCUT2D eigenvalue weighted by atomic mass is 10.1. The maximum atomic E-state index is 9.47. The molecule has 62 valence electrons. The SMILES string of the molecule is OC1=c2cc(O)ccc2=CCC1. The fraction of sp³-hybridized carbons (Fsp3) is 0.200. The van der Waals surface area contributed by atoms with Gasteiger partial charge in [-0.15, -0.1) is 0 Å². The first-order chi connectivity index (χ1) is 5.77. The van der Waals surface area contributed by atoms with Crippen molar-refractivity contribution in [2.45, 2.75) is 12.8 Å². The van der Waals surface area contributed by atoms with E-state index in [1.54, 1.807) is 12.1 Å². The summed E-state index contributed by atoms with van der Waals surface area (Å²) >= 11 is 0. The maximum Gasteiger partial charge on any atom is 0.116 e. The van der Waals surface area contributed by atoms with E-state index in [-0.39, 0.29) is 5.75 Å². The van der Waals surface area contributed by atoms with Crippen molar-refractivity contribution in [2.75, 3.05) is 0 Å². The zero-order valence-corrected chi connectivity index (χ0v) is 6.62. The van der Waals surface area contributed by atoms with Crippen LogP contribution in [0.3, 0.4) is 0 Å². The molecule has 2 rings (SSSR count). The second-order valence-electron chi connectivity index (χ2n) is 2.96. The zero-order chi connectivity index (χ0) is 8.55. The molecule has 0 unspecified atom stereocenters. The lowest BCUT2D eigenvalue weighted by Gasteiger charge is -2.04. The van der Waals surface area contributed by atoms with Crippen LogP contribution in [0.15, 0.2) is 18.2 Å². The standard InChI is InChI=1S/C10H10O2/c11-8-5-4-7-2-1-3-10(12)9(7)6-8/h2,4-6,11-12H,1,3H2. The number of aliphatic hydroxyl groups is 1. The molecular formula is C10H10O2. The molecule has 0 heterocycles. The molecule has 1 aromatic rings. The van der Waals surface area contributed by atoms with Gasteiger partial charge in [0.05, 0.1) is 0 Å². The fourth-order valence-corrected chi connectivity index (χ4v) is 1.47. The van der Waals surface area contributed by atoms with Crippen LogP contribution in [-0.2, 0) is 0 Å². The highest BCUT2D eigenvalue weighted by atomic mass is 16.3. The van der Waals surface area contributed by atoms with Gasteiger partial charge in [0, 0.05) is 11.6 Å². The van der Waals surface area contributed by atoms with E-state index in [2.05, 4.69) is 6.08 Å². The summed E-state index contributed by atoms with van der Waals surface area (Å²) < 4.78 is 0. The van der Waals surface area contributed by atoms with Crippen molar-refractivity contribution in [3.8, 4) is 5.75 Å². The van der Waals surface area contributed by atoms with E-state index in [1.807, 2.05) is 6.07 Å². The Kier molecular flexibility index (Phi) is 1.54. The number of fused-ring (bicyclic) bond motifs is 1. The van der Waals surface area contributed by atoms with Crippen LogP contribution >= 0.6 is 0 Å². The van der Waals surface area contributed by atoms with Gasteiger partial charge in [-0.25, -0.2) is 0 Å². The fourth-order valence-electron chi connectivity index (χ4n) is 1.47. The summed E-state index contributed by atoms with van der Waals surface area (Å²) in [6.45, 7) is 0. The highest BCUT2D eigenvalue weighted by molar-refractivity contribution is 5.46. The Labute approximate surface area is 70.1 Å².